The molecule has 114 valence electrons. The number of aromatic nitrogens is 2. The Morgan fingerprint density at radius 3 is 2.57 bits per heavy atom. The van der Waals surface area contributed by atoms with Crippen LogP contribution in [-0.2, 0) is 25.7 Å². The van der Waals surface area contributed by atoms with E-state index in [1.807, 2.05) is 30.3 Å². The summed E-state index contributed by atoms with van der Waals surface area (Å²) >= 11 is 0. The van der Waals surface area contributed by atoms with Crippen molar-refractivity contribution >= 4 is 12.4 Å². The molecule has 0 bridgehead atoms. The molecule has 1 aromatic heterocycles. The Morgan fingerprint density at radius 2 is 1.90 bits per heavy atom. The second kappa shape index (κ2) is 6.07. The summed E-state index contributed by atoms with van der Waals surface area (Å²) in [6, 6.07) is 9.39. The Morgan fingerprint density at radius 1 is 1.19 bits per heavy atom. The number of alkyl halides is 3. The minimum Gasteiger partial charge on any atom is -0.311 e. The summed E-state index contributed by atoms with van der Waals surface area (Å²) in [7, 11) is 0. The monoisotopic (exact) mass is 317 g/mol. The van der Waals surface area contributed by atoms with Gasteiger partial charge in [-0.25, -0.2) is 0 Å². The molecule has 1 aliphatic heterocycles. The van der Waals surface area contributed by atoms with Gasteiger partial charge in [0.05, 0.1) is 12.2 Å². The van der Waals surface area contributed by atoms with Crippen molar-refractivity contribution in [3.63, 3.8) is 0 Å². The summed E-state index contributed by atoms with van der Waals surface area (Å²) in [5, 5.41) is 6.91. The smallest absolute Gasteiger partial charge is 0.311 e. The molecule has 1 N–H and O–H groups in total. The predicted molar refractivity (Wildman–Crippen MR) is 75.4 cm³/mol. The van der Waals surface area contributed by atoms with Crippen molar-refractivity contribution in [3.8, 4) is 0 Å². The van der Waals surface area contributed by atoms with Crippen LogP contribution in [0, 0.1) is 0 Å². The predicted octanol–water partition coefficient (Wildman–Crippen LogP) is 3.02. The Bertz CT molecular complexity index is 608. The standard InChI is InChI=1S/C14H14F3N3.ClH/c15-14(16,17)13-11-6-7-18-8-12(11)20(19-13)9-10-4-2-1-3-5-10;/h1-5,18H,6-9H2;1H. The lowest BCUT2D eigenvalue weighted by Gasteiger charge is -2.16. The first-order chi connectivity index (χ1) is 9.55. The van der Waals surface area contributed by atoms with E-state index in [2.05, 4.69) is 10.4 Å². The molecule has 7 heteroatoms. The third-order valence-corrected chi connectivity index (χ3v) is 3.45. The van der Waals surface area contributed by atoms with Gasteiger partial charge in [-0.05, 0) is 18.5 Å². The van der Waals surface area contributed by atoms with E-state index in [9.17, 15) is 13.2 Å². The molecule has 0 atom stereocenters. The van der Waals surface area contributed by atoms with Crippen molar-refractivity contribution in [1.29, 1.82) is 0 Å². The molecule has 0 saturated heterocycles. The maximum absolute atomic E-state index is 13.0. The van der Waals surface area contributed by atoms with E-state index < -0.39 is 11.9 Å². The number of halogens is 4. The second-order valence-electron chi connectivity index (χ2n) is 4.84. The largest absolute Gasteiger partial charge is 0.435 e. The highest BCUT2D eigenvalue weighted by atomic mass is 35.5. The molecular formula is C14H15ClF3N3. The van der Waals surface area contributed by atoms with Gasteiger partial charge in [0, 0.05) is 12.1 Å². The molecule has 0 radical (unpaired) electrons. The van der Waals surface area contributed by atoms with Gasteiger partial charge in [-0.1, -0.05) is 30.3 Å². The molecule has 1 aromatic carbocycles. The zero-order chi connectivity index (χ0) is 14.2. The molecule has 2 heterocycles. The molecule has 2 aromatic rings. The van der Waals surface area contributed by atoms with Crippen LogP contribution in [0.25, 0.3) is 0 Å². The molecule has 21 heavy (non-hydrogen) atoms. The first kappa shape index (κ1) is 15.9. The fourth-order valence-corrected chi connectivity index (χ4v) is 2.53. The van der Waals surface area contributed by atoms with E-state index in [1.54, 1.807) is 0 Å². The molecule has 0 aliphatic carbocycles. The Hall–Kier alpha value is -1.53. The summed E-state index contributed by atoms with van der Waals surface area (Å²) in [5.41, 5.74) is 1.20. The maximum atomic E-state index is 13.0. The van der Waals surface area contributed by atoms with Crippen LogP contribution in [0.5, 0.6) is 0 Å². The van der Waals surface area contributed by atoms with Crippen LogP contribution in [0.2, 0.25) is 0 Å². The lowest BCUT2D eigenvalue weighted by atomic mass is 10.1. The zero-order valence-electron chi connectivity index (χ0n) is 11.2. The highest BCUT2D eigenvalue weighted by molar-refractivity contribution is 5.85. The summed E-state index contributed by atoms with van der Waals surface area (Å²) in [6.45, 7) is 1.36. The molecular weight excluding hydrogens is 303 g/mol. The Labute approximate surface area is 126 Å². The number of benzene rings is 1. The van der Waals surface area contributed by atoms with Gasteiger partial charge in [0.1, 0.15) is 0 Å². The Balaban J connectivity index is 0.00000161. The van der Waals surface area contributed by atoms with Crippen molar-refractivity contribution in [2.24, 2.45) is 0 Å². The van der Waals surface area contributed by atoms with Crippen molar-refractivity contribution in [2.45, 2.75) is 25.7 Å². The first-order valence-electron chi connectivity index (χ1n) is 6.46. The minimum absolute atomic E-state index is 0. The van der Waals surface area contributed by atoms with E-state index in [1.165, 1.54) is 4.68 Å². The van der Waals surface area contributed by atoms with E-state index >= 15 is 0 Å². The Kier molecular flexibility index (Phi) is 4.58. The van der Waals surface area contributed by atoms with E-state index in [4.69, 9.17) is 0 Å². The van der Waals surface area contributed by atoms with Crippen molar-refractivity contribution in [3.05, 3.63) is 52.8 Å². The topological polar surface area (TPSA) is 29.9 Å². The lowest BCUT2D eigenvalue weighted by molar-refractivity contribution is -0.142. The second-order valence-corrected chi connectivity index (χ2v) is 4.84. The molecule has 0 fully saturated rings. The zero-order valence-corrected chi connectivity index (χ0v) is 12.0. The fraction of sp³-hybridized carbons (Fsp3) is 0.357. The molecule has 0 amide bonds. The number of hydrogen-bond donors (Lipinski definition) is 1. The van der Waals surface area contributed by atoms with Gasteiger partial charge in [0.25, 0.3) is 0 Å². The number of nitrogens with zero attached hydrogens (tertiary/aromatic N) is 2. The molecule has 0 unspecified atom stereocenters. The van der Waals surface area contributed by atoms with Gasteiger partial charge in [0.2, 0.25) is 0 Å². The SMILES string of the molecule is Cl.FC(F)(F)c1nn(Cc2ccccc2)c2c1CCNC2. The van der Waals surface area contributed by atoms with Gasteiger partial charge >= 0.3 is 6.18 Å². The number of nitrogens with one attached hydrogen (secondary N) is 1. The molecule has 0 saturated carbocycles. The van der Waals surface area contributed by atoms with Gasteiger partial charge in [-0.3, -0.25) is 4.68 Å². The van der Waals surface area contributed by atoms with Crippen molar-refractivity contribution in [1.82, 2.24) is 15.1 Å². The normalized spacial score (nSPS) is 14.4. The molecule has 3 rings (SSSR count). The van der Waals surface area contributed by atoms with E-state index in [0.29, 0.717) is 37.3 Å². The lowest BCUT2D eigenvalue weighted by Crippen LogP contribution is -2.26. The first-order valence-corrected chi connectivity index (χ1v) is 6.46. The van der Waals surface area contributed by atoms with Gasteiger partial charge < -0.3 is 5.32 Å². The third-order valence-electron chi connectivity index (χ3n) is 3.45. The van der Waals surface area contributed by atoms with Crippen LogP contribution in [-0.4, -0.2) is 16.3 Å². The average Bonchev–Trinajstić information content (AvgIpc) is 2.79. The summed E-state index contributed by atoms with van der Waals surface area (Å²) in [5.74, 6) is 0. The van der Waals surface area contributed by atoms with Gasteiger partial charge in [-0.2, -0.15) is 18.3 Å². The highest BCUT2D eigenvalue weighted by Crippen LogP contribution is 2.34. The van der Waals surface area contributed by atoms with Crippen LogP contribution in [0.1, 0.15) is 22.5 Å². The van der Waals surface area contributed by atoms with Crippen LogP contribution < -0.4 is 5.32 Å². The van der Waals surface area contributed by atoms with Gasteiger partial charge in [-0.15, -0.1) is 12.4 Å². The number of fused-ring (bicyclic) bond motifs is 1. The molecule has 1 aliphatic rings. The fourth-order valence-electron chi connectivity index (χ4n) is 2.53. The summed E-state index contributed by atoms with van der Waals surface area (Å²) < 4.78 is 40.6. The van der Waals surface area contributed by atoms with Crippen LogP contribution in [0.15, 0.2) is 30.3 Å². The minimum atomic E-state index is -4.39. The highest BCUT2D eigenvalue weighted by Gasteiger charge is 2.39. The molecule has 3 nitrogen and oxygen atoms in total. The third kappa shape index (κ3) is 3.22. The van der Waals surface area contributed by atoms with Crippen molar-refractivity contribution in [2.75, 3.05) is 6.54 Å². The summed E-state index contributed by atoms with van der Waals surface area (Å²) in [6.07, 6.45) is -4.01. The van der Waals surface area contributed by atoms with Crippen molar-refractivity contribution < 1.29 is 13.2 Å². The van der Waals surface area contributed by atoms with E-state index in [0.717, 1.165) is 5.56 Å². The van der Waals surface area contributed by atoms with E-state index in [-0.39, 0.29) is 12.4 Å². The van der Waals surface area contributed by atoms with Crippen LogP contribution in [0.4, 0.5) is 13.2 Å². The summed E-state index contributed by atoms with van der Waals surface area (Å²) in [4.78, 5) is 0. The number of hydrogen-bond acceptors (Lipinski definition) is 2. The number of rotatable bonds is 2. The van der Waals surface area contributed by atoms with Crippen LogP contribution in [0.3, 0.4) is 0 Å². The quantitative estimate of drug-likeness (QED) is 0.922. The maximum Gasteiger partial charge on any atom is 0.435 e. The van der Waals surface area contributed by atoms with Crippen LogP contribution >= 0.6 is 12.4 Å². The molecule has 0 spiro atoms. The average molecular weight is 318 g/mol. The van der Waals surface area contributed by atoms with Gasteiger partial charge in [0.15, 0.2) is 5.69 Å².